The molecule has 1 aromatic heterocycles. The number of nitrogens with zero attached hydrogens (tertiary/aromatic N) is 2. The number of carbonyl (C=O) groups is 1. The molecule has 1 aliphatic carbocycles. The van der Waals surface area contributed by atoms with Crippen molar-refractivity contribution in [2.24, 2.45) is 0 Å². The maximum absolute atomic E-state index is 12.8. The molecule has 0 saturated heterocycles. The van der Waals surface area contributed by atoms with Gasteiger partial charge in [0.1, 0.15) is 6.10 Å². The number of ether oxygens (including phenoxy) is 1. The molecule has 1 amide bonds. The van der Waals surface area contributed by atoms with Gasteiger partial charge in [-0.2, -0.15) is 0 Å². The van der Waals surface area contributed by atoms with Crippen molar-refractivity contribution in [3.8, 4) is 6.01 Å². The second-order valence-corrected chi connectivity index (χ2v) is 6.11. The van der Waals surface area contributed by atoms with E-state index in [0.29, 0.717) is 5.56 Å². The van der Waals surface area contributed by atoms with E-state index in [0.717, 1.165) is 43.6 Å². The Balaban J connectivity index is 1.47. The first-order valence-electron chi connectivity index (χ1n) is 8.12. The third-order valence-corrected chi connectivity index (χ3v) is 4.19. The van der Waals surface area contributed by atoms with Crippen molar-refractivity contribution in [2.45, 2.75) is 44.8 Å². The lowest BCUT2D eigenvalue weighted by molar-refractivity contribution is 0.0885. The molecule has 0 unspecified atom stereocenters. The minimum Gasteiger partial charge on any atom is -0.460 e. The Morgan fingerprint density at radius 1 is 1.12 bits per heavy atom. The fourth-order valence-electron chi connectivity index (χ4n) is 2.81. The SMILES string of the molecule is Cc1ccc(C(=O)NC2CCC(Oc3ncc(F)cn3)CC2)cc1. The van der Waals surface area contributed by atoms with Gasteiger partial charge >= 0.3 is 6.01 Å². The molecular formula is C18H20FN3O2. The van der Waals surface area contributed by atoms with Crippen LogP contribution in [-0.4, -0.2) is 28.0 Å². The van der Waals surface area contributed by atoms with Crippen molar-refractivity contribution in [3.63, 3.8) is 0 Å². The molecule has 6 heteroatoms. The smallest absolute Gasteiger partial charge is 0.316 e. The quantitative estimate of drug-likeness (QED) is 0.936. The fraction of sp³-hybridized carbons (Fsp3) is 0.389. The number of hydrogen-bond donors (Lipinski definition) is 1. The second-order valence-electron chi connectivity index (χ2n) is 6.11. The molecule has 126 valence electrons. The first-order chi connectivity index (χ1) is 11.6. The van der Waals surface area contributed by atoms with Crippen molar-refractivity contribution in [1.82, 2.24) is 15.3 Å². The van der Waals surface area contributed by atoms with E-state index in [1.807, 2.05) is 31.2 Å². The molecule has 1 N–H and O–H groups in total. The Hall–Kier alpha value is -2.50. The molecule has 0 spiro atoms. The molecule has 0 atom stereocenters. The Labute approximate surface area is 140 Å². The van der Waals surface area contributed by atoms with Crippen LogP contribution in [0, 0.1) is 12.7 Å². The summed E-state index contributed by atoms with van der Waals surface area (Å²) in [5.74, 6) is -0.522. The standard InChI is InChI=1S/C18H20FN3O2/c1-12-2-4-13(5-3-12)17(23)22-15-6-8-16(9-7-15)24-18-20-10-14(19)11-21-18/h2-5,10-11,15-16H,6-9H2,1H3,(H,22,23). The third kappa shape index (κ3) is 4.28. The summed E-state index contributed by atoms with van der Waals surface area (Å²) >= 11 is 0. The van der Waals surface area contributed by atoms with E-state index in [-0.39, 0.29) is 24.1 Å². The van der Waals surface area contributed by atoms with Gasteiger partial charge in [-0.25, -0.2) is 14.4 Å². The van der Waals surface area contributed by atoms with Crippen LogP contribution in [0.1, 0.15) is 41.6 Å². The van der Waals surface area contributed by atoms with Gasteiger partial charge in [0.15, 0.2) is 5.82 Å². The van der Waals surface area contributed by atoms with Crippen molar-refractivity contribution < 1.29 is 13.9 Å². The van der Waals surface area contributed by atoms with Crippen LogP contribution in [0.3, 0.4) is 0 Å². The topological polar surface area (TPSA) is 64.1 Å². The van der Waals surface area contributed by atoms with Gasteiger partial charge in [-0.05, 0) is 44.7 Å². The van der Waals surface area contributed by atoms with Crippen LogP contribution >= 0.6 is 0 Å². The number of carbonyl (C=O) groups excluding carboxylic acids is 1. The van der Waals surface area contributed by atoms with Crippen molar-refractivity contribution >= 4 is 5.91 Å². The van der Waals surface area contributed by atoms with Gasteiger partial charge < -0.3 is 10.1 Å². The van der Waals surface area contributed by atoms with Crippen LogP contribution in [0.25, 0.3) is 0 Å². The minimum atomic E-state index is -0.482. The number of benzene rings is 1. The molecule has 1 aromatic carbocycles. The molecule has 2 aromatic rings. The summed E-state index contributed by atoms with van der Waals surface area (Å²) in [5.41, 5.74) is 1.81. The van der Waals surface area contributed by atoms with Crippen molar-refractivity contribution in [3.05, 3.63) is 53.6 Å². The van der Waals surface area contributed by atoms with E-state index < -0.39 is 5.82 Å². The fourth-order valence-corrected chi connectivity index (χ4v) is 2.81. The van der Waals surface area contributed by atoms with Crippen LogP contribution < -0.4 is 10.1 Å². The Morgan fingerprint density at radius 3 is 2.38 bits per heavy atom. The lowest BCUT2D eigenvalue weighted by Gasteiger charge is -2.28. The van der Waals surface area contributed by atoms with Gasteiger partial charge in [-0.3, -0.25) is 4.79 Å². The molecule has 5 nitrogen and oxygen atoms in total. The van der Waals surface area contributed by atoms with Crippen LogP contribution in [0.15, 0.2) is 36.7 Å². The number of aromatic nitrogens is 2. The Morgan fingerprint density at radius 2 is 1.75 bits per heavy atom. The third-order valence-electron chi connectivity index (χ3n) is 4.19. The summed E-state index contributed by atoms with van der Waals surface area (Å²) < 4.78 is 18.4. The normalized spacial score (nSPS) is 20.4. The predicted molar refractivity (Wildman–Crippen MR) is 87.3 cm³/mol. The highest BCUT2D eigenvalue weighted by Gasteiger charge is 2.24. The summed E-state index contributed by atoms with van der Waals surface area (Å²) in [6.07, 6.45) is 5.47. The van der Waals surface area contributed by atoms with Gasteiger partial charge in [0.2, 0.25) is 0 Å². The molecule has 0 bridgehead atoms. The van der Waals surface area contributed by atoms with E-state index in [1.54, 1.807) is 0 Å². The highest BCUT2D eigenvalue weighted by molar-refractivity contribution is 5.94. The zero-order valence-electron chi connectivity index (χ0n) is 13.5. The Bertz CT molecular complexity index is 680. The van der Waals surface area contributed by atoms with E-state index in [9.17, 15) is 9.18 Å². The van der Waals surface area contributed by atoms with Gasteiger partial charge in [0, 0.05) is 11.6 Å². The minimum absolute atomic E-state index is 0.00277. The van der Waals surface area contributed by atoms with Crippen molar-refractivity contribution in [1.29, 1.82) is 0 Å². The molecule has 0 aliphatic heterocycles. The Kier molecular flexibility index (Phi) is 5.03. The van der Waals surface area contributed by atoms with Crippen LogP contribution in [-0.2, 0) is 0 Å². The molecular weight excluding hydrogens is 309 g/mol. The first-order valence-corrected chi connectivity index (χ1v) is 8.12. The number of halogens is 1. The van der Waals surface area contributed by atoms with Gasteiger partial charge in [-0.15, -0.1) is 0 Å². The number of rotatable bonds is 4. The van der Waals surface area contributed by atoms with E-state index >= 15 is 0 Å². The van der Waals surface area contributed by atoms with Crippen LogP contribution in [0.2, 0.25) is 0 Å². The zero-order chi connectivity index (χ0) is 16.9. The molecule has 1 aliphatic rings. The number of amides is 1. The monoisotopic (exact) mass is 329 g/mol. The molecule has 24 heavy (non-hydrogen) atoms. The number of aryl methyl sites for hydroxylation is 1. The van der Waals surface area contributed by atoms with E-state index in [4.69, 9.17) is 4.74 Å². The van der Waals surface area contributed by atoms with E-state index in [1.165, 1.54) is 0 Å². The molecule has 1 fully saturated rings. The van der Waals surface area contributed by atoms with Gasteiger partial charge in [-0.1, -0.05) is 17.7 Å². The summed E-state index contributed by atoms with van der Waals surface area (Å²) in [7, 11) is 0. The van der Waals surface area contributed by atoms with Crippen molar-refractivity contribution in [2.75, 3.05) is 0 Å². The van der Waals surface area contributed by atoms with E-state index in [2.05, 4.69) is 15.3 Å². The lowest BCUT2D eigenvalue weighted by atomic mass is 9.92. The molecule has 0 radical (unpaired) electrons. The summed E-state index contributed by atoms with van der Waals surface area (Å²) in [6.45, 7) is 1.99. The number of hydrogen-bond acceptors (Lipinski definition) is 4. The van der Waals surface area contributed by atoms with Crippen LogP contribution in [0.5, 0.6) is 6.01 Å². The van der Waals surface area contributed by atoms with Gasteiger partial charge in [0.05, 0.1) is 12.4 Å². The maximum Gasteiger partial charge on any atom is 0.316 e. The molecule has 1 heterocycles. The highest BCUT2D eigenvalue weighted by atomic mass is 19.1. The summed E-state index contributed by atoms with van der Waals surface area (Å²) in [5, 5.41) is 3.07. The lowest BCUT2D eigenvalue weighted by Crippen LogP contribution is -2.39. The second kappa shape index (κ2) is 7.38. The van der Waals surface area contributed by atoms with Gasteiger partial charge in [0.25, 0.3) is 5.91 Å². The largest absolute Gasteiger partial charge is 0.460 e. The number of nitrogens with one attached hydrogen (secondary N) is 1. The highest BCUT2D eigenvalue weighted by Crippen LogP contribution is 2.22. The molecule has 1 saturated carbocycles. The predicted octanol–water partition coefficient (Wildman–Crippen LogP) is 3.04. The molecule has 3 rings (SSSR count). The average Bonchev–Trinajstić information content (AvgIpc) is 2.59. The summed E-state index contributed by atoms with van der Waals surface area (Å²) in [6, 6.07) is 7.89. The van der Waals surface area contributed by atoms with Crippen LogP contribution in [0.4, 0.5) is 4.39 Å². The maximum atomic E-state index is 12.8. The summed E-state index contributed by atoms with van der Waals surface area (Å²) in [4.78, 5) is 19.8. The average molecular weight is 329 g/mol. The zero-order valence-corrected chi connectivity index (χ0v) is 13.5. The first kappa shape index (κ1) is 16.4.